The van der Waals surface area contributed by atoms with E-state index >= 15 is 0 Å². The number of rotatable bonds is 7. The molecular weight excluding hydrogens is 318 g/mol. The zero-order valence-corrected chi connectivity index (χ0v) is 15.5. The molecule has 1 aromatic rings. The molecule has 0 radical (unpaired) electrons. The second-order valence-electron chi connectivity index (χ2n) is 6.20. The highest BCUT2D eigenvalue weighted by Gasteiger charge is 2.19. The second kappa shape index (κ2) is 10.0. The number of hydrogen-bond acceptors (Lipinski definition) is 4. The van der Waals surface area contributed by atoms with Crippen LogP contribution in [0.15, 0.2) is 29.3 Å². The molecule has 1 aliphatic rings. The molecule has 0 spiro atoms. The van der Waals surface area contributed by atoms with Crippen molar-refractivity contribution in [2.75, 3.05) is 40.0 Å². The molecule has 6 heteroatoms. The average Bonchev–Trinajstić information content (AvgIpc) is 3.12. The fraction of sp³-hybridized carbons (Fsp3) is 0.579. The number of benzene rings is 1. The summed E-state index contributed by atoms with van der Waals surface area (Å²) < 4.78 is 10.4. The first-order valence-corrected chi connectivity index (χ1v) is 8.97. The predicted molar refractivity (Wildman–Crippen MR) is 98.8 cm³/mol. The van der Waals surface area contributed by atoms with Gasteiger partial charge in [-0.2, -0.15) is 0 Å². The number of aliphatic imine (C=N–C) groups is 1. The summed E-state index contributed by atoms with van der Waals surface area (Å²) in [7, 11) is 2.06. The number of nitrogens with one attached hydrogen (secondary N) is 1. The SMILES string of the molecule is CCNC(=NCc1ccc(C(=O)OCC)cc1)N(C)CC1CCOC1. The Kier molecular flexibility index (Phi) is 7.73. The van der Waals surface area contributed by atoms with Gasteiger partial charge < -0.3 is 19.7 Å². The summed E-state index contributed by atoms with van der Waals surface area (Å²) >= 11 is 0. The van der Waals surface area contributed by atoms with Gasteiger partial charge in [-0.05, 0) is 38.0 Å². The first-order valence-electron chi connectivity index (χ1n) is 8.97. The zero-order chi connectivity index (χ0) is 18.1. The summed E-state index contributed by atoms with van der Waals surface area (Å²) in [6.45, 7) is 8.28. The number of guanidine groups is 1. The predicted octanol–water partition coefficient (Wildman–Crippen LogP) is 2.30. The highest BCUT2D eigenvalue weighted by Crippen LogP contribution is 2.13. The quantitative estimate of drug-likeness (QED) is 0.466. The molecule has 2 rings (SSSR count). The molecule has 1 atom stereocenters. The molecule has 0 amide bonds. The van der Waals surface area contributed by atoms with E-state index in [1.54, 1.807) is 19.1 Å². The van der Waals surface area contributed by atoms with E-state index in [-0.39, 0.29) is 5.97 Å². The normalized spacial score (nSPS) is 17.4. The van der Waals surface area contributed by atoms with Crippen molar-refractivity contribution in [1.82, 2.24) is 10.2 Å². The van der Waals surface area contributed by atoms with Crippen molar-refractivity contribution < 1.29 is 14.3 Å². The van der Waals surface area contributed by atoms with E-state index in [4.69, 9.17) is 14.5 Å². The van der Waals surface area contributed by atoms with Gasteiger partial charge >= 0.3 is 5.97 Å². The van der Waals surface area contributed by atoms with Crippen LogP contribution in [-0.4, -0.2) is 56.8 Å². The Bertz CT molecular complexity index is 566. The maximum absolute atomic E-state index is 11.7. The van der Waals surface area contributed by atoms with E-state index in [0.29, 0.717) is 24.6 Å². The number of hydrogen-bond donors (Lipinski definition) is 1. The minimum Gasteiger partial charge on any atom is -0.462 e. The van der Waals surface area contributed by atoms with Crippen LogP contribution in [0.1, 0.15) is 36.2 Å². The minimum atomic E-state index is -0.288. The van der Waals surface area contributed by atoms with Crippen molar-refractivity contribution in [2.45, 2.75) is 26.8 Å². The molecule has 0 saturated carbocycles. The van der Waals surface area contributed by atoms with Gasteiger partial charge in [-0.25, -0.2) is 9.79 Å². The molecule has 1 aromatic carbocycles. The standard InChI is InChI=1S/C19H29N3O3/c1-4-20-19(22(3)13-16-10-11-24-14-16)21-12-15-6-8-17(9-7-15)18(23)25-5-2/h6-9,16H,4-5,10-14H2,1-3H3,(H,20,21). The molecule has 1 heterocycles. The van der Waals surface area contributed by atoms with Gasteiger partial charge in [-0.3, -0.25) is 0 Å². The van der Waals surface area contributed by atoms with Gasteiger partial charge in [0.1, 0.15) is 0 Å². The molecular formula is C19H29N3O3. The van der Waals surface area contributed by atoms with E-state index in [1.165, 1.54) is 0 Å². The second-order valence-corrected chi connectivity index (χ2v) is 6.20. The lowest BCUT2D eigenvalue weighted by Crippen LogP contribution is -2.41. The van der Waals surface area contributed by atoms with E-state index in [2.05, 4.69) is 24.2 Å². The Morgan fingerprint density at radius 1 is 1.36 bits per heavy atom. The van der Waals surface area contributed by atoms with E-state index in [0.717, 1.165) is 44.2 Å². The topological polar surface area (TPSA) is 63.2 Å². The summed E-state index contributed by atoms with van der Waals surface area (Å²) in [4.78, 5) is 18.6. The van der Waals surface area contributed by atoms with Crippen LogP contribution < -0.4 is 5.32 Å². The van der Waals surface area contributed by atoms with Gasteiger partial charge in [0.05, 0.1) is 25.3 Å². The van der Waals surface area contributed by atoms with E-state index < -0.39 is 0 Å². The van der Waals surface area contributed by atoms with E-state index in [1.807, 2.05) is 12.1 Å². The smallest absolute Gasteiger partial charge is 0.338 e. The molecule has 0 bridgehead atoms. The largest absolute Gasteiger partial charge is 0.462 e. The number of esters is 1. The number of nitrogens with zero attached hydrogens (tertiary/aromatic N) is 2. The molecule has 1 aliphatic heterocycles. The Labute approximate surface area is 150 Å². The van der Waals surface area contributed by atoms with Gasteiger partial charge in [0, 0.05) is 32.7 Å². The molecule has 1 unspecified atom stereocenters. The first kappa shape index (κ1) is 19.2. The maximum atomic E-state index is 11.7. The highest BCUT2D eigenvalue weighted by atomic mass is 16.5. The lowest BCUT2D eigenvalue weighted by molar-refractivity contribution is 0.0526. The number of carbonyl (C=O) groups is 1. The van der Waals surface area contributed by atoms with Gasteiger partial charge in [0.15, 0.2) is 5.96 Å². The zero-order valence-electron chi connectivity index (χ0n) is 15.5. The van der Waals surface area contributed by atoms with Crippen molar-refractivity contribution in [2.24, 2.45) is 10.9 Å². The van der Waals surface area contributed by atoms with Gasteiger partial charge in [-0.15, -0.1) is 0 Å². The summed E-state index contributed by atoms with van der Waals surface area (Å²) in [5.74, 6) is 1.17. The minimum absolute atomic E-state index is 0.288. The summed E-state index contributed by atoms with van der Waals surface area (Å²) in [5, 5.41) is 3.33. The fourth-order valence-electron chi connectivity index (χ4n) is 2.80. The summed E-state index contributed by atoms with van der Waals surface area (Å²) in [6.07, 6.45) is 1.11. The third-order valence-corrected chi connectivity index (χ3v) is 4.13. The Balaban J connectivity index is 1.96. The Hall–Kier alpha value is -2.08. The molecule has 0 aliphatic carbocycles. The van der Waals surface area contributed by atoms with E-state index in [9.17, 15) is 4.79 Å². The van der Waals surface area contributed by atoms with Crippen molar-refractivity contribution >= 4 is 11.9 Å². The number of carbonyl (C=O) groups excluding carboxylic acids is 1. The Morgan fingerprint density at radius 2 is 2.12 bits per heavy atom. The van der Waals surface area contributed by atoms with Crippen molar-refractivity contribution in [1.29, 1.82) is 0 Å². The fourth-order valence-corrected chi connectivity index (χ4v) is 2.80. The van der Waals surface area contributed by atoms with Crippen LogP contribution in [0.2, 0.25) is 0 Å². The van der Waals surface area contributed by atoms with Crippen molar-refractivity contribution in [3.05, 3.63) is 35.4 Å². The highest BCUT2D eigenvalue weighted by molar-refractivity contribution is 5.89. The van der Waals surface area contributed by atoms with Crippen molar-refractivity contribution in [3.8, 4) is 0 Å². The van der Waals surface area contributed by atoms with Crippen LogP contribution in [0.5, 0.6) is 0 Å². The van der Waals surface area contributed by atoms with Crippen LogP contribution in [-0.2, 0) is 16.0 Å². The molecule has 0 aromatic heterocycles. The van der Waals surface area contributed by atoms with Crippen LogP contribution in [0.25, 0.3) is 0 Å². The van der Waals surface area contributed by atoms with Crippen LogP contribution >= 0.6 is 0 Å². The maximum Gasteiger partial charge on any atom is 0.338 e. The van der Waals surface area contributed by atoms with Crippen LogP contribution in [0.3, 0.4) is 0 Å². The lowest BCUT2D eigenvalue weighted by Gasteiger charge is -2.24. The third-order valence-electron chi connectivity index (χ3n) is 4.13. The molecule has 1 N–H and O–H groups in total. The monoisotopic (exact) mass is 347 g/mol. The van der Waals surface area contributed by atoms with Gasteiger partial charge in [0.25, 0.3) is 0 Å². The lowest BCUT2D eigenvalue weighted by atomic mass is 10.1. The average molecular weight is 347 g/mol. The van der Waals surface area contributed by atoms with Crippen LogP contribution in [0, 0.1) is 5.92 Å². The first-order chi connectivity index (χ1) is 12.1. The molecule has 138 valence electrons. The van der Waals surface area contributed by atoms with Crippen LogP contribution in [0.4, 0.5) is 0 Å². The molecule has 1 fully saturated rings. The van der Waals surface area contributed by atoms with Crippen molar-refractivity contribution in [3.63, 3.8) is 0 Å². The summed E-state index contributed by atoms with van der Waals surface area (Å²) in [5.41, 5.74) is 1.63. The molecule has 25 heavy (non-hydrogen) atoms. The molecule has 1 saturated heterocycles. The van der Waals surface area contributed by atoms with Gasteiger partial charge in [-0.1, -0.05) is 12.1 Å². The molecule has 6 nitrogen and oxygen atoms in total. The third kappa shape index (κ3) is 6.05. The van der Waals surface area contributed by atoms with Gasteiger partial charge in [0.2, 0.25) is 0 Å². The number of ether oxygens (including phenoxy) is 2. The summed E-state index contributed by atoms with van der Waals surface area (Å²) in [6, 6.07) is 7.42. The Morgan fingerprint density at radius 3 is 2.72 bits per heavy atom.